The number of aromatic hydroxyl groups is 1. The summed E-state index contributed by atoms with van der Waals surface area (Å²) in [5.41, 5.74) is 1.48. The highest BCUT2D eigenvalue weighted by atomic mass is 35.5. The van der Waals surface area contributed by atoms with Gasteiger partial charge in [0.25, 0.3) is 0 Å². The molecule has 1 aromatic heterocycles. The molecule has 3 rings (SSSR count). The van der Waals surface area contributed by atoms with Crippen LogP contribution >= 0.6 is 35.1 Å². The number of phenols is 1. The van der Waals surface area contributed by atoms with E-state index in [4.69, 9.17) is 23.2 Å². The molecule has 21 heavy (non-hydrogen) atoms. The Morgan fingerprint density at radius 1 is 1.14 bits per heavy atom. The maximum atomic E-state index is 13.7. The summed E-state index contributed by atoms with van der Waals surface area (Å²) in [6.45, 7) is 0. The third-order valence-corrected chi connectivity index (χ3v) is 4.41. The largest absolute Gasteiger partial charge is 0.508 e. The fourth-order valence-corrected chi connectivity index (χ4v) is 3.18. The number of hydrogen-bond donors (Lipinski definition) is 3. The van der Waals surface area contributed by atoms with Crippen molar-refractivity contribution in [2.45, 2.75) is 4.90 Å². The Kier molecular flexibility index (Phi) is 3.89. The zero-order valence-corrected chi connectivity index (χ0v) is 12.8. The molecule has 0 unspecified atom stereocenters. The summed E-state index contributed by atoms with van der Waals surface area (Å²) in [5.74, 6) is -0.607. The van der Waals surface area contributed by atoms with Gasteiger partial charge in [0.2, 0.25) is 0 Å². The van der Waals surface area contributed by atoms with Gasteiger partial charge in [-0.3, -0.25) is 0 Å². The second-order valence-corrected chi connectivity index (χ2v) is 5.96. The van der Waals surface area contributed by atoms with E-state index in [0.717, 1.165) is 34.6 Å². The van der Waals surface area contributed by atoms with Crippen molar-refractivity contribution in [1.82, 2.24) is 4.98 Å². The molecule has 0 atom stereocenters. The van der Waals surface area contributed by atoms with E-state index in [2.05, 4.69) is 9.71 Å². The Morgan fingerprint density at radius 2 is 1.95 bits per heavy atom. The topological polar surface area (TPSA) is 48.0 Å². The van der Waals surface area contributed by atoms with Crippen LogP contribution in [0.2, 0.25) is 10.0 Å². The van der Waals surface area contributed by atoms with Gasteiger partial charge in [0.1, 0.15) is 11.6 Å². The highest BCUT2D eigenvalue weighted by Crippen LogP contribution is 2.36. The molecule has 0 amide bonds. The minimum atomic E-state index is -0.498. The van der Waals surface area contributed by atoms with Gasteiger partial charge in [-0.25, -0.2) is 4.39 Å². The molecule has 1 heterocycles. The smallest absolute Gasteiger partial charge is 0.142 e. The van der Waals surface area contributed by atoms with Crippen LogP contribution in [0, 0.1) is 5.82 Å². The van der Waals surface area contributed by atoms with Gasteiger partial charge in [0, 0.05) is 17.6 Å². The maximum absolute atomic E-state index is 13.7. The first kappa shape index (κ1) is 14.4. The number of anilines is 1. The Labute approximate surface area is 134 Å². The van der Waals surface area contributed by atoms with Gasteiger partial charge in [-0.2, -0.15) is 0 Å². The quantitative estimate of drug-likeness (QED) is 0.555. The summed E-state index contributed by atoms with van der Waals surface area (Å²) < 4.78 is 16.7. The molecular weight excluding hydrogens is 334 g/mol. The van der Waals surface area contributed by atoms with Gasteiger partial charge in [0.15, 0.2) is 0 Å². The molecule has 0 aliphatic heterocycles. The van der Waals surface area contributed by atoms with E-state index in [9.17, 15) is 9.50 Å². The zero-order chi connectivity index (χ0) is 15.0. The predicted molar refractivity (Wildman–Crippen MR) is 85.9 cm³/mol. The molecule has 7 heteroatoms. The summed E-state index contributed by atoms with van der Waals surface area (Å²) in [7, 11) is 0. The van der Waals surface area contributed by atoms with E-state index in [1.54, 1.807) is 18.3 Å². The van der Waals surface area contributed by atoms with Crippen LogP contribution in [0.25, 0.3) is 10.9 Å². The van der Waals surface area contributed by atoms with Crippen LogP contribution < -0.4 is 4.72 Å². The van der Waals surface area contributed by atoms with E-state index in [1.165, 1.54) is 12.1 Å². The average molecular weight is 343 g/mol. The maximum Gasteiger partial charge on any atom is 0.142 e. The van der Waals surface area contributed by atoms with Crippen molar-refractivity contribution in [2.75, 3.05) is 4.72 Å². The third-order valence-electron chi connectivity index (χ3n) is 2.92. The lowest BCUT2D eigenvalue weighted by atomic mass is 10.2. The number of fused-ring (bicyclic) bond motifs is 1. The van der Waals surface area contributed by atoms with Crippen LogP contribution in [0.3, 0.4) is 0 Å². The number of benzene rings is 2. The fourth-order valence-electron chi connectivity index (χ4n) is 1.94. The lowest BCUT2D eigenvalue weighted by Gasteiger charge is -2.08. The van der Waals surface area contributed by atoms with E-state index in [1.807, 2.05) is 0 Å². The number of phenolic OH excluding ortho intramolecular Hbond substituents is 1. The molecule has 0 bridgehead atoms. The van der Waals surface area contributed by atoms with Crippen LogP contribution in [0.5, 0.6) is 5.75 Å². The molecule has 2 aromatic carbocycles. The molecule has 108 valence electrons. The fraction of sp³-hybridized carbons (Fsp3) is 0. The molecular formula is C14H9Cl2FN2OS. The SMILES string of the molecule is Oc1ccc(SNc2ccc(Cl)c3c(Cl)c[nH]c23)c(F)c1. The van der Waals surface area contributed by atoms with Gasteiger partial charge in [0.05, 0.1) is 26.1 Å². The van der Waals surface area contributed by atoms with Crippen molar-refractivity contribution >= 4 is 51.7 Å². The molecule has 0 saturated carbocycles. The number of H-pyrrole nitrogens is 1. The number of aromatic nitrogens is 1. The molecule has 0 fully saturated rings. The van der Waals surface area contributed by atoms with Gasteiger partial charge >= 0.3 is 0 Å². The van der Waals surface area contributed by atoms with Crippen molar-refractivity contribution < 1.29 is 9.50 Å². The molecule has 0 spiro atoms. The van der Waals surface area contributed by atoms with E-state index in [0.29, 0.717) is 14.9 Å². The van der Waals surface area contributed by atoms with Crippen molar-refractivity contribution in [2.24, 2.45) is 0 Å². The van der Waals surface area contributed by atoms with Gasteiger partial charge < -0.3 is 14.8 Å². The average Bonchev–Trinajstić information content (AvgIpc) is 2.83. The molecule has 0 aliphatic rings. The normalized spacial score (nSPS) is 11.0. The lowest BCUT2D eigenvalue weighted by Crippen LogP contribution is -1.90. The van der Waals surface area contributed by atoms with Gasteiger partial charge in [-0.05, 0) is 36.2 Å². The number of hydrogen-bond acceptors (Lipinski definition) is 3. The standard InChI is InChI=1S/C14H9Cl2FN2OS/c15-8-2-3-11(14-13(8)9(16)6-18-14)19-21-12-4-1-7(20)5-10(12)17/h1-6,18-20H. The van der Waals surface area contributed by atoms with Gasteiger partial charge in [-0.1, -0.05) is 23.2 Å². The number of nitrogens with one attached hydrogen (secondary N) is 2. The summed E-state index contributed by atoms with van der Waals surface area (Å²) in [5, 5.41) is 11.0. The van der Waals surface area contributed by atoms with Crippen LogP contribution in [0.15, 0.2) is 41.4 Å². The first-order chi connectivity index (χ1) is 10.1. The Hall–Kier alpha value is -1.56. The highest BCUT2D eigenvalue weighted by molar-refractivity contribution is 8.00. The second-order valence-electron chi connectivity index (χ2n) is 4.30. The minimum absolute atomic E-state index is 0.109. The van der Waals surface area contributed by atoms with E-state index >= 15 is 0 Å². The van der Waals surface area contributed by atoms with Crippen molar-refractivity contribution in [3.63, 3.8) is 0 Å². The monoisotopic (exact) mass is 342 g/mol. The molecule has 3 nitrogen and oxygen atoms in total. The molecule has 0 aliphatic carbocycles. The third kappa shape index (κ3) is 2.77. The van der Waals surface area contributed by atoms with Crippen LogP contribution in [0.4, 0.5) is 10.1 Å². The van der Waals surface area contributed by atoms with Crippen LogP contribution in [-0.2, 0) is 0 Å². The van der Waals surface area contributed by atoms with Crippen molar-refractivity contribution in [1.29, 1.82) is 0 Å². The molecule has 0 radical (unpaired) electrons. The van der Waals surface area contributed by atoms with Crippen LogP contribution in [0.1, 0.15) is 0 Å². The lowest BCUT2D eigenvalue weighted by molar-refractivity contribution is 0.466. The van der Waals surface area contributed by atoms with E-state index in [-0.39, 0.29) is 5.75 Å². The summed E-state index contributed by atoms with van der Waals surface area (Å²) >= 11 is 13.3. The summed E-state index contributed by atoms with van der Waals surface area (Å²) in [6.07, 6.45) is 1.65. The predicted octanol–water partition coefficient (Wildman–Crippen LogP) is 5.44. The number of rotatable bonds is 3. The molecule has 0 saturated heterocycles. The number of halogens is 3. The Morgan fingerprint density at radius 3 is 2.71 bits per heavy atom. The van der Waals surface area contributed by atoms with Crippen LogP contribution in [-0.4, -0.2) is 10.1 Å². The first-order valence-electron chi connectivity index (χ1n) is 5.92. The summed E-state index contributed by atoms with van der Waals surface area (Å²) in [4.78, 5) is 3.40. The van der Waals surface area contributed by atoms with Crippen molar-refractivity contribution in [3.05, 3.63) is 52.4 Å². The Balaban J connectivity index is 1.90. The minimum Gasteiger partial charge on any atom is -0.508 e. The van der Waals surface area contributed by atoms with Crippen molar-refractivity contribution in [3.8, 4) is 5.75 Å². The molecule has 3 aromatic rings. The highest BCUT2D eigenvalue weighted by Gasteiger charge is 2.11. The second kappa shape index (κ2) is 5.67. The number of aromatic amines is 1. The zero-order valence-electron chi connectivity index (χ0n) is 10.5. The van der Waals surface area contributed by atoms with E-state index < -0.39 is 5.82 Å². The molecule has 3 N–H and O–H groups in total. The first-order valence-corrected chi connectivity index (χ1v) is 7.50. The summed E-state index contributed by atoms with van der Waals surface area (Å²) in [6, 6.07) is 7.49. The van der Waals surface area contributed by atoms with Gasteiger partial charge in [-0.15, -0.1) is 0 Å². The Bertz CT molecular complexity index is 822.